The van der Waals surface area contributed by atoms with Gasteiger partial charge in [-0.15, -0.1) is 0 Å². The molecule has 0 saturated heterocycles. The fourth-order valence-electron chi connectivity index (χ4n) is 2.15. The Kier molecular flexibility index (Phi) is 5.92. The lowest BCUT2D eigenvalue weighted by atomic mass is 9.87. The number of rotatable bonds is 7. The first-order valence-corrected chi connectivity index (χ1v) is 6.57. The zero-order valence-electron chi connectivity index (χ0n) is 11.4. The Bertz CT molecular complexity index is 239. The quantitative estimate of drug-likeness (QED) is 0.692. The van der Waals surface area contributed by atoms with Crippen molar-refractivity contribution in [2.45, 2.75) is 58.2 Å². The first-order chi connectivity index (χ1) is 8.12. The fraction of sp³-hybridized carbons (Fsp3) is 0.923. The molecule has 0 radical (unpaired) electrons. The highest BCUT2D eigenvalue weighted by Crippen LogP contribution is 2.25. The topological polar surface area (TPSA) is 47.6 Å². The highest BCUT2D eigenvalue weighted by molar-refractivity contribution is 5.76. The first-order valence-electron chi connectivity index (χ1n) is 6.57. The van der Waals surface area contributed by atoms with Gasteiger partial charge >= 0.3 is 5.97 Å². The van der Waals surface area contributed by atoms with Gasteiger partial charge in [-0.3, -0.25) is 4.79 Å². The van der Waals surface area contributed by atoms with Gasteiger partial charge < -0.3 is 14.8 Å². The average molecular weight is 243 g/mol. The van der Waals surface area contributed by atoms with Crippen LogP contribution < -0.4 is 5.32 Å². The van der Waals surface area contributed by atoms with E-state index in [1.54, 1.807) is 0 Å². The Morgan fingerprint density at radius 3 is 2.53 bits per heavy atom. The van der Waals surface area contributed by atoms with Crippen molar-refractivity contribution in [1.29, 1.82) is 0 Å². The Hall–Kier alpha value is -0.610. The van der Waals surface area contributed by atoms with Gasteiger partial charge in [-0.2, -0.15) is 0 Å². The molecule has 100 valence electrons. The Labute approximate surface area is 104 Å². The maximum Gasteiger partial charge on any atom is 0.323 e. The van der Waals surface area contributed by atoms with Gasteiger partial charge in [0.05, 0.1) is 13.2 Å². The molecule has 0 heterocycles. The van der Waals surface area contributed by atoms with Crippen molar-refractivity contribution in [3.05, 3.63) is 0 Å². The highest BCUT2D eigenvalue weighted by Gasteiger charge is 2.34. The van der Waals surface area contributed by atoms with E-state index in [4.69, 9.17) is 9.47 Å². The lowest BCUT2D eigenvalue weighted by molar-refractivity contribution is -0.145. The zero-order valence-corrected chi connectivity index (χ0v) is 11.4. The molecule has 1 fully saturated rings. The van der Waals surface area contributed by atoms with Crippen molar-refractivity contribution < 1.29 is 14.3 Å². The molecule has 4 nitrogen and oxygen atoms in total. The monoisotopic (exact) mass is 243 g/mol. The summed E-state index contributed by atoms with van der Waals surface area (Å²) in [4.78, 5) is 11.7. The summed E-state index contributed by atoms with van der Waals surface area (Å²) in [6, 6.07) is 0.210. The largest absolute Gasteiger partial charge is 0.468 e. The molecule has 1 rings (SSSR count). The normalized spacial score (nSPS) is 27.1. The minimum atomic E-state index is -0.183. The number of methoxy groups -OCH3 is 1. The van der Waals surface area contributed by atoms with Crippen LogP contribution in [-0.4, -0.2) is 37.9 Å². The van der Waals surface area contributed by atoms with E-state index in [9.17, 15) is 4.79 Å². The summed E-state index contributed by atoms with van der Waals surface area (Å²) in [5.41, 5.74) is 0. The van der Waals surface area contributed by atoms with Crippen molar-refractivity contribution in [2.24, 2.45) is 5.92 Å². The van der Waals surface area contributed by atoms with Crippen molar-refractivity contribution in [2.75, 3.05) is 13.7 Å². The maximum absolute atomic E-state index is 11.7. The lowest BCUT2D eigenvalue weighted by Gasteiger charge is -2.38. The van der Waals surface area contributed by atoms with E-state index in [1.807, 2.05) is 6.92 Å². The second-order valence-electron chi connectivity index (χ2n) is 4.80. The molecule has 2 atom stereocenters. The molecule has 4 heteroatoms. The van der Waals surface area contributed by atoms with E-state index in [0.29, 0.717) is 18.1 Å². The van der Waals surface area contributed by atoms with E-state index in [2.05, 4.69) is 19.2 Å². The van der Waals surface area contributed by atoms with E-state index >= 15 is 0 Å². The van der Waals surface area contributed by atoms with Crippen molar-refractivity contribution in [1.82, 2.24) is 5.32 Å². The van der Waals surface area contributed by atoms with Crippen LogP contribution in [0.3, 0.4) is 0 Å². The predicted molar refractivity (Wildman–Crippen MR) is 66.8 cm³/mol. The third-order valence-electron chi connectivity index (χ3n) is 3.58. The molecule has 0 spiro atoms. The molecular weight excluding hydrogens is 218 g/mol. The van der Waals surface area contributed by atoms with Crippen molar-refractivity contribution >= 4 is 5.97 Å². The highest BCUT2D eigenvalue weighted by atomic mass is 16.5. The molecule has 0 aliphatic heterocycles. The molecule has 1 aliphatic carbocycles. The molecular formula is C13H25NO3. The third kappa shape index (κ3) is 3.96. The smallest absolute Gasteiger partial charge is 0.323 e. The Morgan fingerprint density at radius 1 is 1.41 bits per heavy atom. The third-order valence-corrected chi connectivity index (χ3v) is 3.58. The SMILES string of the molecule is CCOC1CC(NC(C(=O)OC)C(C)CC)C1. The number of carbonyl (C=O) groups excluding carboxylic acids is 1. The number of hydrogen-bond acceptors (Lipinski definition) is 4. The van der Waals surface area contributed by atoms with E-state index in [-0.39, 0.29) is 12.0 Å². The molecule has 1 saturated carbocycles. The summed E-state index contributed by atoms with van der Waals surface area (Å²) < 4.78 is 10.4. The molecule has 1 aliphatic rings. The molecule has 0 aromatic rings. The average Bonchev–Trinajstić information content (AvgIpc) is 2.30. The standard InChI is InChI=1S/C13H25NO3/c1-5-9(3)12(13(15)16-4)14-10-7-11(8-10)17-6-2/h9-12,14H,5-8H2,1-4H3. The predicted octanol–water partition coefficient (Wildman–Crippen LogP) is 1.73. The molecule has 0 bridgehead atoms. The van der Waals surface area contributed by atoms with Crippen LogP contribution in [0, 0.1) is 5.92 Å². The number of nitrogens with one attached hydrogen (secondary N) is 1. The van der Waals surface area contributed by atoms with Gasteiger partial charge in [0, 0.05) is 12.6 Å². The molecule has 2 unspecified atom stereocenters. The fourth-order valence-corrected chi connectivity index (χ4v) is 2.15. The van der Waals surface area contributed by atoms with Crippen LogP contribution in [0.4, 0.5) is 0 Å². The van der Waals surface area contributed by atoms with Crippen LogP contribution in [0.1, 0.15) is 40.0 Å². The summed E-state index contributed by atoms with van der Waals surface area (Å²) in [7, 11) is 1.45. The van der Waals surface area contributed by atoms with Gasteiger partial charge in [0.25, 0.3) is 0 Å². The number of hydrogen-bond donors (Lipinski definition) is 1. The number of esters is 1. The summed E-state index contributed by atoms with van der Waals surface area (Å²) >= 11 is 0. The first kappa shape index (κ1) is 14.5. The second-order valence-corrected chi connectivity index (χ2v) is 4.80. The summed E-state index contributed by atoms with van der Waals surface area (Å²) in [6.07, 6.45) is 3.33. The Morgan fingerprint density at radius 2 is 2.06 bits per heavy atom. The van der Waals surface area contributed by atoms with Gasteiger partial charge in [-0.1, -0.05) is 20.3 Å². The van der Waals surface area contributed by atoms with Crippen LogP contribution >= 0.6 is 0 Å². The second kappa shape index (κ2) is 6.97. The summed E-state index contributed by atoms with van der Waals surface area (Å²) in [5, 5.41) is 3.39. The van der Waals surface area contributed by atoms with E-state index in [0.717, 1.165) is 25.9 Å². The van der Waals surface area contributed by atoms with Crippen molar-refractivity contribution in [3.8, 4) is 0 Å². The van der Waals surface area contributed by atoms with Gasteiger partial charge in [0.2, 0.25) is 0 Å². The van der Waals surface area contributed by atoms with Crippen LogP contribution in [0.15, 0.2) is 0 Å². The van der Waals surface area contributed by atoms with Crippen LogP contribution in [0.2, 0.25) is 0 Å². The van der Waals surface area contributed by atoms with Crippen molar-refractivity contribution in [3.63, 3.8) is 0 Å². The molecule has 0 aromatic heterocycles. The molecule has 1 N–H and O–H groups in total. The van der Waals surface area contributed by atoms with E-state index < -0.39 is 0 Å². The van der Waals surface area contributed by atoms with Gasteiger partial charge in [-0.05, 0) is 25.7 Å². The van der Waals surface area contributed by atoms with E-state index in [1.165, 1.54) is 7.11 Å². The Balaban J connectivity index is 2.38. The molecule has 17 heavy (non-hydrogen) atoms. The van der Waals surface area contributed by atoms with Crippen LogP contribution in [-0.2, 0) is 14.3 Å². The van der Waals surface area contributed by atoms with Crippen LogP contribution in [0.25, 0.3) is 0 Å². The number of carbonyl (C=O) groups is 1. The molecule has 0 amide bonds. The van der Waals surface area contributed by atoms with Gasteiger partial charge in [0.15, 0.2) is 0 Å². The van der Waals surface area contributed by atoms with Crippen LogP contribution in [0.5, 0.6) is 0 Å². The number of ether oxygens (including phenoxy) is 2. The molecule has 0 aromatic carbocycles. The lowest BCUT2D eigenvalue weighted by Crippen LogP contribution is -2.54. The maximum atomic E-state index is 11.7. The zero-order chi connectivity index (χ0) is 12.8. The summed E-state index contributed by atoms with van der Waals surface area (Å²) in [6.45, 7) is 6.94. The minimum absolute atomic E-state index is 0.154. The van der Waals surface area contributed by atoms with Gasteiger partial charge in [-0.25, -0.2) is 0 Å². The minimum Gasteiger partial charge on any atom is -0.468 e. The van der Waals surface area contributed by atoms with Gasteiger partial charge in [0.1, 0.15) is 6.04 Å². The summed E-state index contributed by atoms with van der Waals surface area (Å²) in [5.74, 6) is 0.146.